The Bertz CT molecular complexity index is 184. The van der Waals surface area contributed by atoms with Gasteiger partial charge in [0.15, 0.2) is 0 Å². The van der Waals surface area contributed by atoms with E-state index in [0.29, 0.717) is 0 Å². The Labute approximate surface area is 96.4 Å². The number of aliphatic imine (C=N–C) groups is 1. The Hall–Kier alpha value is -0.330. The molecular formula is C14H29N. The molecule has 0 aliphatic heterocycles. The van der Waals surface area contributed by atoms with Gasteiger partial charge in [-0.3, -0.25) is 4.99 Å². The third kappa shape index (κ3) is 5.96. The predicted octanol–water partition coefficient (Wildman–Crippen LogP) is 4.85. The highest BCUT2D eigenvalue weighted by Crippen LogP contribution is 2.32. The van der Waals surface area contributed by atoms with Crippen LogP contribution in [0.25, 0.3) is 0 Å². The van der Waals surface area contributed by atoms with Crippen molar-refractivity contribution < 1.29 is 0 Å². The average molecular weight is 211 g/mol. The summed E-state index contributed by atoms with van der Waals surface area (Å²) in [7, 11) is 0. The summed E-state index contributed by atoms with van der Waals surface area (Å²) in [4.78, 5) is 4.70. The largest absolute Gasteiger partial charge is 0.291 e. The molecule has 0 aliphatic carbocycles. The molecule has 0 bridgehead atoms. The van der Waals surface area contributed by atoms with E-state index in [1.54, 1.807) is 0 Å². The fourth-order valence-electron chi connectivity index (χ4n) is 1.15. The van der Waals surface area contributed by atoms with Crippen molar-refractivity contribution in [3.8, 4) is 0 Å². The molecule has 0 fully saturated rings. The fraction of sp³-hybridized carbons (Fsp3) is 0.929. The van der Waals surface area contributed by atoms with Gasteiger partial charge >= 0.3 is 0 Å². The molecule has 0 atom stereocenters. The van der Waals surface area contributed by atoms with Gasteiger partial charge in [-0.05, 0) is 38.3 Å². The molecular weight excluding hydrogens is 182 g/mol. The van der Waals surface area contributed by atoms with Crippen molar-refractivity contribution in [1.82, 2.24) is 0 Å². The summed E-state index contributed by atoms with van der Waals surface area (Å²) in [5.41, 5.74) is 0.296. The van der Waals surface area contributed by atoms with Gasteiger partial charge in [-0.25, -0.2) is 0 Å². The maximum absolute atomic E-state index is 4.70. The van der Waals surface area contributed by atoms with E-state index in [0.717, 1.165) is 6.42 Å². The lowest BCUT2D eigenvalue weighted by molar-refractivity contribution is 0.233. The number of unbranched alkanes of at least 4 members (excludes halogenated alkanes) is 4. The Morgan fingerprint density at radius 1 is 0.933 bits per heavy atom. The molecule has 0 saturated heterocycles. The Morgan fingerprint density at radius 3 is 2.00 bits per heavy atom. The number of rotatable bonds is 6. The van der Waals surface area contributed by atoms with Crippen LogP contribution in [0.1, 0.15) is 73.6 Å². The van der Waals surface area contributed by atoms with Gasteiger partial charge in [-0.15, -0.1) is 0 Å². The second-order valence-electron chi connectivity index (χ2n) is 5.97. The van der Waals surface area contributed by atoms with Crippen LogP contribution in [0.4, 0.5) is 0 Å². The molecule has 0 unspecified atom stereocenters. The van der Waals surface area contributed by atoms with Gasteiger partial charge in [0, 0.05) is 0 Å². The Kier molecular flexibility index (Phi) is 6.16. The lowest BCUT2D eigenvalue weighted by Gasteiger charge is -2.35. The summed E-state index contributed by atoms with van der Waals surface area (Å²) in [6, 6.07) is 0. The van der Waals surface area contributed by atoms with Gasteiger partial charge < -0.3 is 0 Å². The van der Waals surface area contributed by atoms with E-state index in [4.69, 9.17) is 4.99 Å². The molecule has 1 nitrogen and oxygen atoms in total. The molecule has 0 radical (unpaired) electrons. The maximum Gasteiger partial charge on any atom is 0.0596 e. The van der Waals surface area contributed by atoms with E-state index in [-0.39, 0.29) is 11.0 Å². The summed E-state index contributed by atoms with van der Waals surface area (Å²) in [5, 5.41) is 0. The standard InChI is InChI=1S/C14H29N/c1-7-8-9-10-11-12-15-14(5,6)13(2,3)4/h12H,7-11H2,1-6H3/b15-12-. The first kappa shape index (κ1) is 14.7. The molecule has 0 heterocycles. The molecule has 0 aromatic rings. The molecule has 0 saturated carbocycles. The van der Waals surface area contributed by atoms with Crippen molar-refractivity contribution in [2.75, 3.05) is 0 Å². The van der Waals surface area contributed by atoms with Crippen molar-refractivity contribution in [2.45, 2.75) is 79.2 Å². The molecule has 0 rings (SSSR count). The zero-order valence-electron chi connectivity index (χ0n) is 11.6. The van der Waals surface area contributed by atoms with Crippen LogP contribution in [0.3, 0.4) is 0 Å². The van der Waals surface area contributed by atoms with Crippen molar-refractivity contribution in [3.05, 3.63) is 0 Å². The molecule has 0 N–H and O–H groups in total. The molecule has 1 heteroatoms. The highest BCUT2D eigenvalue weighted by Gasteiger charge is 2.31. The summed E-state index contributed by atoms with van der Waals surface area (Å²) in [6.45, 7) is 13.4. The van der Waals surface area contributed by atoms with Gasteiger partial charge in [-0.1, -0.05) is 47.0 Å². The molecule has 0 aromatic heterocycles. The highest BCUT2D eigenvalue weighted by atomic mass is 14.9. The smallest absolute Gasteiger partial charge is 0.0596 e. The highest BCUT2D eigenvalue weighted by molar-refractivity contribution is 5.57. The minimum atomic E-state index is 0.0533. The van der Waals surface area contributed by atoms with Gasteiger partial charge in [-0.2, -0.15) is 0 Å². The molecule has 0 spiro atoms. The minimum Gasteiger partial charge on any atom is -0.291 e. The first-order valence-electron chi connectivity index (χ1n) is 6.35. The molecule has 90 valence electrons. The zero-order chi connectivity index (χ0) is 11.9. The first-order chi connectivity index (χ1) is 6.81. The van der Waals surface area contributed by atoms with Gasteiger partial charge in [0.2, 0.25) is 0 Å². The minimum absolute atomic E-state index is 0.0533. The van der Waals surface area contributed by atoms with Crippen LogP contribution in [0, 0.1) is 5.41 Å². The van der Waals surface area contributed by atoms with Gasteiger partial charge in [0.05, 0.1) is 5.54 Å². The Morgan fingerprint density at radius 2 is 1.53 bits per heavy atom. The summed E-state index contributed by atoms with van der Waals surface area (Å²) in [5.74, 6) is 0. The van der Waals surface area contributed by atoms with E-state index in [9.17, 15) is 0 Å². The van der Waals surface area contributed by atoms with Crippen molar-refractivity contribution in [3.63, 3.8) is 0 Å². The third-order valence-corrected chi connectivity index (χ3v) is 3.44. The van der Waals surface area contributed by atoms with E-state index in [2.05, 4.69) is 47.8 Å². The van der Waals surface area contributed by atoms with Crippen LogP contribution >= 0.6 is 0 Å². The maximum atomic E-state index is 4.70. The molecule has 15 heavy (non-hydrogen) atoms. The van der Waals surface area contributed by atoms with Crippen LogP contribution in [0.5, 0.6) is 0 Å². The van der Waals surface area contributed by atoms with Gasteiger partial charge in [0.1, 0.15) is 0 Å². The van der Waals surface area contributed by atoms with Crippen molar-refractivity contribution in [1.29, 1.82) is 0 Å². The predicted molar refractivity (Wildman–Crippen MR) is 70.8 cm³/mol. The van der Waals surface area contributed by atoms with E-state index in [1.165, 1.54) is 25.7 Å². The normalized spacial score (nSPS) is 13.7. The van der Waals surface area contributed by atoms with E-state index < -0.39 is 0 Å². The summed E-state index contributed by atoms with van der Waals surface area (Å²) in [6.07, 6.45) is 8.57. The van der Waals surface area contributed by atoms with Crippen molar-refractivity contribution >= 4 is 6.21 Å². The van der Waals surface area contributed by atoms with Crippen LogP contribution in [0.2, 0.25) is 0 Å². The van der Waals surface area contributed by atoms with E-state index in [1.807, 2.05) is 0 Å². The Balaban J connectivity index is 3.85. The lowest BCUT2D eigenvalue weighted by atomic mass is 9.77. The van der Waals surface area contributed by atoms with Crippen molar-refractivity contribution in [2.24, 2.45) is 10.4 Å². The average Bonchev–Trinajstić information content (AvgIpc) is 2.09. The topological polar surface area (TPSA) is 12.4 Å². The van der Waals surface area contributed by atoms with Crippen LogP contribution in [-0.2, 0) is 0 Å². The number of hydrogen-bond acceptors (Lipinski definition) is 1. The number of hydrogen-bond donors (Lipinski definition) is 0. The quantitative estimate of drug-likeness (QED) is 0.440. The summed E-state index contributed by atoms with van der Waals surface area (Å²) < 4.78 is 0. The molecule has 0 amide bonds. The zero-order valence-corrected chi connectivity index (χ0v) is 11.6. The van der Waals surface area contributed by atoms with Gasteiger partial charge in [0.25, 0.3) is 0 Å². The molecule has 0 aliphatic rings. The monoisotopic (exact) mass is 211 g/mol. The first-order valence-corrected chi connectivity index (χ1v) is 6.35. The summed E-state index contributed by atoms with van der Waals surface area (Å²) >= 11 is 0. The number of nitrogens with zero attached hydrogens (tertiary/aromatic N) is 1. The third-order valence-electron chi connectivity index (χ3n) is 3.44. The van der Waals surface area contributed by atoms with E-state index >= 15 is 0 Å². The SMILES string of the molecule is CCCCCC/C=N\C(C)(C)C(C)(C)C. The van der Waals surface area contributed by atoms with Crippen LogP contribution < -0.4 is 0 Å². The van der Waals surface area contributed by atoms with Crippen LogP contribution in [-0.4, -0.2) is 11.8 Å². The molecule has 0 aromatic carbocycles. The second-order valence-corrected chi connectivity index (χ2v) is 5.97. The van der Waals surface area contributed by atoms with Crippen LogP contribution in [0.15, 0.2) is 4.99 Å². The fourth-order valence-corrected chi connectivity index (χ4v) is 1.15. The second kappa shape index (κ2) is 6.30. The lowest BCUT2D eigenvalue weighted by Crippen LogP contribution is -2.34.